The standard InChI is InChI=1S/C14H25N5O2/c1-5-6-12-13(19(20)21)14(18(4)16-12)15-11-7-8-17(3)9-10(11)2/h10-11,15H,5-9H2,1-4H3. The number of hydrogen-bond donors (Lipinski definition) is 1. The van der Waals surface area contributed by atoms with Crippen LogP contribution in [0.5, 0.6) is 0 Å². The molecule has 1 saturated heterocycles. The Bertz CT molecular complexity index is 514. The number of rotatable bonds is 5. The minimum Gasteiger partial charge on any atom is -0.361 e. The highest BCUT2D eigenvalue weighted by atomic mass is 16.6. The number of nitro groups is 1. The molecule has 0 aromatic carbocycles. The van der Waals surface area contributed by atoms with Crippen LogP contribution in [0.1, 0.15) is 32.4 Å². The minimum atomic E-state index is -0.306. The zero-order valence-corrected chi connectivity index (χ0v) is 13.3. The van der Waals surface area contributed by atoms with Crippen molar-refractivity contribution in [3.8, 4) is 0 Å². The van der Waals surface area contributed by atoms with Gasteiger partial charge in [0.05, 0.1) is 4.92 Å². The van der Waals surface area contributed by atoms with E-state index in [1.807, 2.05) is 6.92 Å². The molecule has 2 unspecified atom stereocenters. The van der Waals surface area contributed by atoms with Crippen LogP contribution in [0.3, 0.4) is 0 Å². The van der Waals surface area contributed by atoms with Gasteiger partial charge in [0, 0.05) is 19.6 Å². The number of aryl methyl sites for hydroxylation is 2. The number of nitrogens with one attached hydrogen (secondary N) is 1. The fourth-order valence-corrected chi connectivity index (χ4v) is 3.07. The van der Waals surface area contributed by atoms with E-state index >= 15 is 0 Å². The van der Waals surface area contributed by atoms with Crippen molar-refractivity contribution in [3.05, 3.63) is 15.8 Å². The summed E-state index contributed by atoms with van der Waals surface area (Å²) in [5.41, 5.74) is 0.721. The third kappa shape index (κ3) is 3.34. The first-order chi connectivity index (χ1) is 9.93. The fourth-order valence-electron chi connectivity index (χ4n) is 3.07. The van der Waals surface area contributed by atoms with Crippen LogP contribution in [0.15, 0.2) is 0 Å². The Labute approximate surface area is 125 Å². The smallest absolute Gasteiger partial charge is 0.333 e. The lowest BCUT2D eigenvalue weighted by Gasteiger charge is -2.35. The van der Waals surface area contributed by atoms with Gasteiger partial charge in [0.2, 0.25) is 5.82 Å². The quantitative estimate of drug-likeness (QED) is 0.664. The van der Waals surface area contributed by atoms with E-state index in [4.69, 9.17) is 0 Å². The van der Waals surface area contributed by atoms with Crippen LogP contribution in [-0.2, 0) is 13.5 Å². The van der Waals surface area contributed by atoms with Gasteiger partial charge in [-0.15, -0.1) is 0 Å². The summed E-state index contributed by atoms with van der Waals surface area (Å²) in [7, 11) is 3.88. The fraction of sp³-hybridized carbons (Fsp3) is 0.786. The summed E-state index contributed by atoms with van der Waals surface area (Å²) in [5, 5.41) is 19.1. The van der Waals surface area contributed by atoms with E-state index in [1.165, 1.54) is 0 Å². The lowest BCUT2D eigenvalue weighted by atomic mass is 9.94. The Hall–Kier alpha value is -1.63. The SMILES string of the molecule is CCCc1nn(C)c(NC2CCN(C)CC2C)c1[N+](=O)[O-]. The summed E-state index contributed by atoms with van der Waals surface area (Å²) < 4.78 is 1.62. The molecule has 1 aromatic rings. The molecule has 1 aromatic heterocycles. The van der Waals surface area contributed by atoms with Crippen LogP contribution in [0.4, 0.5) is 11.5 Å². The number of anilines is 1. The van der Waals surface area contributed by atoms with Crippen LogP contribution >= 0.6 is 0 Å². The first kappa shape index (κ1) is 15.8. The molecule has 0 radical (unpaired) electrons. The van der Waals surface area contributed by atoms with Crippen molar-refractivity contribution in [2.75, 3.05) is 25.5 Å². The van der Waals surface area contributed by atoms with Crippen molar-refractivity contribution in [3.63, 3.8) is 0 Å². The van der Waals surface area contributed by atoms with E-state index in [9.17, 15) is 10.1 Å². The van der Waals surface area contributed by atoms with Gasteiger partial charge in [0.15, 0.2) is 0 Å². The lowest BCUT2D eigenvalue weighted by Crippen LogP contribution is -2.43. The van der Waals surface area contributed by atoms with E-state index in [2.05, 4.69) is 29.3 Å². The van der Waals surface area contributed by atoms with Crippen LogP contribution in [0, 0.1) is 16.0 Å². The van der Waals surface area contributed by atoms with Gasteiger partial charge in [-0.25, -0.2) is 4.68 Å². The first-order valence-electron chi connectivity index (χ1n) is 7.59. The molecular formula is C14H25N5O2. The second-order valence-corrected chi connectivity index (χ2v) is 6.05. The summed E-state index contributed by atoms with van der Waals surface area (Å²) >= 11 is 0. The molecule has 0 spiro atoms. The molecule has 1 aliphatic rings. The molecule has 21 heavy (non-hydrogen) atoms. The van der Waals surface area contributed by atoms with Gasteiger partial charge in [-0.1, -0.05) is 20.3 Å². The van der Waals surface area contributed by atoms with Crippen molar-refractivity contribution in [2.24, 2.45) is 13.0 Å². The third-order valence-electron chi connectivity index (χ3n) is 4.19. The maximum atomic E-state index is 11.4. The second-order valence-electron chi connectivity index (χ2n) is 6.05. The van der Waals surface area contributed by atoms with E-state index < -0.39 is 0 Å². The molecule has 2 atom stereocenters. The summed E-state index contributed by atoms with van der Waals surface area (Å²) in [6.45, 7) is 6.20. The van der Waals surface area contributed by atoms with Gasteiger partial charge < -0.3 is 10.2 Å². The van der Waals surface area contributed by atoms with Crippen molar-refractivity contribution in [1.29, 1.82) is 0 Å². The largest absolute Gasteiger partial charge is 0.361 e. The van der Waals surface area contributed by atoms with Gasteiger partial charge in [0.25, 0.3) is 0 Å². The van der Waals surface area contributed by atoms with Crippen molar-refractivity contribution >= 4 is 11.5 Å². The highest BCUT2D eigenvalue weighted by Gasteiger charge is 2.31. The molecule has 7 nitrogen and oxygen atoms in total. The van der Waals surface area contributed by atoms with Crippen LogP contribution in [0.2, 0.25) is 0 Å². The minimum absolute atomic E-state index is 0.144. The highest BCUT2D eigenvalue weighted by molar-refractivity contribution is 5.60. The van der Waals surface area contributed by atoms with Crippen LogP contribution < -0.4 is 5.32 Å². The van der Waals surface area contributed by atoms with Crippen LogP contribution in [0.25, 0.3) is 0 Å². The molecule has 1 fully saturated rings. The average molecular weight is 295 g/mol. The number of likely N-dealkylation sites (tertiary alicyclic amines) is 1. The Morgan fingerprint density at radius 1 is 1.48 bits per heavy atom. The molecule has 0 bridgehead atoms. The van der Waals surface area contributed by atoms with Crippen molar-refractivity contribution in [2.45, 2.75) is 39.2 Å². The van der Waals surface area contributed by atoms with Gasteiger partial charge in [-0.3, -0.25) is 10.1 Å². The Morgan fingerprint density at radius 2 is 2.19 bits per heavy atom. The van der Waals surface area contributed by atoms with Crippen molar-refractivity contribution in [1.82, 2.24) is 14.7 Å². The third-order valence-corrected chi connectivity index (χ3v) is 4.19. The second kappa shape index (κ2) is 6.43. The Morgan fingerprint density at radius 3 is 2.76 bits per heavy atom. The molecular weight excluding hydrogens is 270 g/mol. The molecule has 2 rings (SSSR count). The molecule has 0 saturated carbocycles. The van der Waals surface area contributed by atoms with E-state index in [1.54, 1.807) is 11.7 Å². The number of aromatic nitrogens is 2. The van der Waals surface area contributed by atoms with E-state index in [0.717, 1.165) is 25.9 Å². The van der Waals surface area contributed by atoms with E-state index in [0.29, 0.717) is 23.9 Å². The number of piperidine rings is 1. The Kier molecular flexibility index (Phi) is 4.82. The predicted molar refractivity (Wildman–Crippen MR) is 82.5 cm³/mol. The van der Waals surface area contributed by atoms with Gasteiger partial charge in [-0.2, -0.15) is 5.10 Å². The maximum Gasteiger partial charge on any atom is 0.333 e. The molecule has 118 valence electrons. The number of hydrogen-bond acceptors (Lipinski definition) is 5. The average Bonchev–Trinajstić information content (AvgIpc) is 2.69. The topological polar surface area (TPSA) is 76.2 Å². The number of nitrogens with zero attached hydrogens (tertiary/aromatic N) is 4. The molecule has 0 aliphatic carbocycles. The van der Waals surface area contributed by atoms with Gasteiger partial charge in [0.1, 0.15) is 5.69 Å². The predicted octanol–water partition coefficient (Wildman–Crippen LogP) is 2.03. The normalized spacial score (nSPS) is 23.2. The lowest BCUT2D eigenvalue weighted by molar-refractivity contribution is -0.384. The molecule has 7 heteroatoms. The summed E-state index contributed by atoms with van der Waals surface area (Å²) in [5.74, 6) is 0.998. The Balaban J connectivity index is 2.25. The van der Waals surface area contributed by atoms with Gasteiger partial charge >= 0.3 is 5.69 Å². The molecule has 1 N–H and O–H groups in total. The zero-order chi connectivity index (χ0) is 15.6. The molecule has 2 heterocycles. The maximum absolute atomic E-state index is 11.4. The molecule has 1 aliphatic heterocycles. The van der Waals surface area contributed by atoms with Gasteiger partial charge in [-0.05, 0) is 32.4 Å². The summed E-state index contributed by atoms with van der Waals surface area (Å²) in [4.78, 5) is 13.4. The highest BCUT2D eigenvalue weighted by Crippen LogP contribution is 2.31. The monoisotopic (exact) mass is 295 g/mol. The zero-order valence-electron chi connectivity index (χ0n) is 13.3. The van der Waals surface area contributed by atoms with E-state index in [-0.39, 0.29) is 16.7 Å². The summed E-state index contributed by atoms with van der Waals surface area (Å²) in [6, 6.07) is 0.254. The summed E-state index contributed by atoms with van der Waals surface area (Å²) in [6.07, 6.45) is 2.47. The molecule has 0 amide bonds. The van der Waals surface area contributed by atoms with Crippen molar-refractivity contribution < 1.29 is 4.92 Å². The first-order valence-corrected chi connectivity index (χ1v) is 7.59. The van der Waals surface area contributed by atoms with Crippen LogP contribution in [-0.4, -0.2) is 45.8 Å².